The normalized spacial score (nSPS) is 17.8. The summed E-state index contributed by atoms with van der Waals surface area (Å²) in [5.41, 5.74) is 0.116. The molecule has 0 bridgehead atoms. The lowest BCUT2D eigenvalue weighted by molar-refractivity contribution is -0.193. The second-order valence-electron chi connectivity index (χ2n) is 36.3. The van der Waals surface area contributed by atoms with Gasteiger partial charge in [-0.05, 0) is 101 Å². The molecular weight excluding hydrogens is 1490 g/mol. The van der Waals surface area contributed by atoms with Gasteiger partial charge >= 0.3 is 48.7 Å². The number of esters is 2. The van der Waals surface area contributed by atoms with Crippen molar-refractivity contribution in [1.82, 2.24) is 60.9 Å². The van der Waals surface area contributed by atoms with E-state index in [1.165, 1.54) is 45.0 Å². The summed E-state index contributed by atoms with van der Waals surface area (Å²) in [5, 5.41) is 26.0. The van der Waals surface area contributed by atoms with E-state index in [9.17, 15) is 27.9 Å². The Bertz CT molecular complexity index is 2580. The highest BCUT2D eigenvalue weighted by Gasteiger charge is 2.35. The molecule has 0 aromatic rings. The third-order valence-electron chi connectivity index (χ3n) is 17.8. The number of carboxylic acids is 1. The number of ether oxygens (including phenoxy) is 2. The molecule has 4 aliphatic rings. The van der Waals surface area contributed by atoms with Gasteiger partial charge < -0.3 is 51.0 Å². The van der Waals surface area contributed by atoms with Crippen LogP contribution in [0.2, 0.25) is 0 Å². The first-order chi connectivity index (χ1) is 52.7. The van der Waals surface area contributed by atoms with Crippen molar-refractivity contribution >= 4 is 58.5 Å². The highest BCUT2D eigenvalue weighted by atomic mass is 32.2. The molecule has 672 valence electrons. The van der Waals surface area contributed by atoms with Gasteiger partial charge in [-0.1, -0.05) is 158 Å². The summed E-state index contributed by atoms with van der Waals surface area (Å²) in [6.45, 7) is 85.6. The molecule has 6 N–H and O–H groups in total. The fourth-order valence-corrected chi connectivity index (χ4v) is 13.8. The molecule has 0 saturated carbocycles. The zero-order chi connectivity index (χ0) is 90.0. The van der Waals surface area contributed by atoms with E-state index >= 15 is 0 Å². The van der Waals surface area contributed by atoms with E-state index in [-0.39, 0.29) is 88.6 Å². The standard InChI is InChI=1S/C25H49N3O4.C25H51N3O2.C14H31N3.C6H15N3.C6H14O2S.C2H6.5CO2/c1-23(2,3)19-27-13-12-26(18-22(31)32-25(7,8)9)14-16-28(17-15-27)20(24(4,5)6)10-11-21(29)30;1-11-12-21(24(5,6)7)28-17-15-26(19-22(29)30-25(8,9)10)13-14-27(16-18-28)20-23(2,3)4;1-5-6-13(14(2,3)4)17-11-9-15-7-8-16-10-12-17;1-2-8-5-6-9-4-3-7-1;1-4-5-6(2)9(3,7)8;1-2;5*2-1-3/h20H,10-19H2,1-9H3,(H,29,30);21H,11-20H2,1-10H3;13,15-16H,5-12H2,1-4H3;7-9H,1-6H2;6H,4-5H2,1-3H3;1-2H3;;;;;/t20-;21-;13-;;6-;;;;;;/m111.0....../s1. The highest BCUT2D eigenvalue weighted by Crippen LogP contribution is 2.31. The summed E-state index contributed by atoms with van der Waals surface area (Å²) in [4.78, 5) is 135. The van der Waals surface area contributed by atoms with Gasteiger partial charge in [-0.3, -0.25) is 38.9 Å². The number of sulfone groups is 1. The number of nitrogens with zero attached hydrogens (tertiary/aromatic N) is 7. The van der Waals surface area contributed by atoms with Gasteiger partial charge in [0.2, 0.25) is 0 Å². The van der Waals surface area contributed by atoms with Crippen molar-refractivity contribution in [3.8, 4) is 0 Å². The van der Waals surface area contributed by atoms with Crippen LogP contribution in [0.15, 0.2) is 0 Å². The second-order valence-corrected chi connectivity index (χ2v) is 38.7. The molecule has 4 aliphatic heterocycles. The smallest absolute Gasteiger partial charge is 0.373 e. The van der Waals surface area contributed by atoms with E-state index in [2.05, 4.69) is 179 Å². The number of carboxylic acid groups (broad SMARTS) is 1. The van der Waals surface area contributed by atoms with Crippen molar-refractivity contribution in [2.24, 2.45) is 27.1 Å². The molecule has 0 spiro atoms. The zero-order valence-corrected chi connectivity index (χ0v) is 77.5. The van der Waals surface area contributed by atoms with Crippen LogP contribution in [-0.4, -0.2) is 321 Å². The van der Waals surface area contributed by atoms with Gasteiger partial charge in [0.05, 0.1) is 18.3 Å². The molecule has 4 atom stereocenters. The van der Waals surface area contributed by atoms with Crippen LogP contribution in [-0.2, 0) is 81.6 Å². The van der Waals surface area contributed by atoms with Crippen molar-refractivity contribution in [3.63, 3.8) is 0 Å². The van der Waals surface area contributed by atoms with Gasteiger partial charge in [0.15, 0.2) is 0 Å². The first-order valence-electron chi connectivity index (χ1n) is 41.1. The van der Waals surface area contributed by atoms with Crippen molar-refractivity contribution in [2.75, 3.05) is 190 Å². The van der Waals surface area contributed by atoms with Crippen LogP contribution < -0.4 is 26.6 Å². The molecule has 0 aromatic carbocycles. The van der Waals surface area contributed by atoms with Crippen molar-refractivity contribution in [2.45, 2.75) is 273 Å². The van der Waals surface area contributed by atoms with Gasteiger partial charge in [0.1, 0.15) is 21.0 Å². The molecule has 31 heteroatoms. The Morgan fingerprint density at radius 2 is 0.588 bits per heavy atom. The monoisotopic (exact) mass is 1650 g/mol. The third-order valence-corrected chi connectivity index (χ3v) is 19.5. The van der Waals surface area contributed by atoms with Crippen LogP contribution in [0.4, 0.5) is 0 Å². The predicted octanol–water partition coefficient (Wildman–Crippen LogP) is 7.88. The number of hydrogen-bond acceptors (Lipinski definition) is 29. The fourth-order valence-electron chi connectivity index (χ4n) is 13.1. The summed E-state index contributed by atoms with van der Waals surface area (Å²) in [5.74, 6) is -1.05. The summed E-state index contributed by atoms with van der Waals surface area (Å²) in [6, 6.07) is 1.42. The molecule has 4 fully saturated rings. The van der Waals surface area contributed by atoms with Crippen LogP contribution in [0.1, 0.15) is 238 Å². The van der Waals surface area contributed by atoms with Crippen LogP contribution in [0.3, 0.4) is 0 Å². The van der Waals surface area contributed by atoms with E-state index in [4.69, 9.17) is 57.4 Å². The van der Waals surface area contributed by atoms with E-state index in [1.807, 2.05) is 62.3 Å². The number of rotatable bonds is 19. The van der Waals surface area contributed by atoms with Gasteiger partial charge in [-0.25, -0.2) is 8.42 Å². The van der Waals surface area contributed by atoms with Gasteiger partial charge in [0, 0.05) is 201 Å². The molecule has 0 aromatic heterocycles. The lowest BCUT2D eigenvalue weighted by Gasteiger charge is -2.41. The lowest BCUT2D eigenvalue weighted by Crippen LogP contribution is -2.49. The molecule has 4 saturated heterocycles. The minimum atomic E-state index is -2.76. The number of hydrogen-bond donors (Lipinski definition) is 6. The minimum absolute atomic E-state index is 0.0334. The quantitative estimate of drug-likeness (QED) is 0.0669. The summed E-state index contributed by atoms with van der Waals surface area (Å²) < 4.78 is 32.6. The maximum Gasteiger partial charge on any atom is 0.373 e. The zero-order valence-electron chi connectivity index (χ0n) is 76.7. The maximum absolute atomic E-state index is 12.5. The van der Waals surface area contributed by atoms with Crippen LogP contribution in [0, 0.1) is 27.1 Å². The molecule has 0 unspecified atom stereocenters. The predicted molar refractivity (Wildman–Crippen MR) is 447 cm³/mol. The molecule has 0 radical (unpaired) electrons. The first-order valence-corrected chi connectivity index (χ1v) is 43.1. The van der Waals surface area contributed by atoms with Gasteiger partial charge in [0.25, 0.3) is 0 Å². The molecule has 114 heavy (non-hydrogen) atoms. The van der Waals surface area contributed by atoms with Crippen LogP contribution in [0.5, 0.6) is 0 Å². The minimum Gasteiger partial charge on any atom is -0.481 e. The Morgan fingerprint density at radius 1 is 0.368 bits per heavy atom. The summed E-state index contributed by atoms with van der Waals surface area (Å²) in [6.07, 6.45) is 10.1. The first kappa shape index (κ1) is 122. The Balaban J connectivity index is -0.000000253. The molecule has 30 nitrogen and oxygen atoms in total. The van der Waals surface area contributed by atoms with Crippen LogP contribution in [0.25, 0.3) is 0 Å². The van der Waals surface area contributed by atoms with Gasteiger partial charge in [-0.2, -0.15) is 47.9 Å². The number of aliphatic carboxylic acids is 1. The Hall–Kier alpha value is -5.22. The van der Waals surface area contributed by atoms with Crippen molar-refractivity contribution < 1.29 is 85.3 Å². The molecule has 0 amide bonds. The fraction of sp³-hybridized carbons (Fsp3) is 0.904. The van der Waals surface area contributed by atoms with Crippen LogP contribution >= 0.6 is 0 Å². The molecular formula is C83H166N12O18S. The average Bonchev–Trinajstić information content (AvgIpc) is 1.41. The molecule has 4 heterocycles. The summed E-state index contributed by atoms with van der Waals surface area (Å²) in [7, 11) is -2.76. The van der Waals surface area contributed by atoms with Gasteiger partial charge in [-0.15, -0.1) is 0 Å². The number of nitrogens with one attached hydrogen (secondary N) is 5. The summed E-state index contributed by atoms with van der Waals surface area (Å²) >= 11 is 0. The third kappa shape index (κ3) is 79.3. The number of carbonyl (C=O) groups excluding carboxylic acids is 12. The topological polar surface area (TPSA) is 378 Å². The SMILES string of the molecule is C1CNCCNCCN1.CC.CC(C)(C)CN1CCN(CC(=O)OC(C)(C)C)CCN([C@H](CCC(=O)O)C(C)(C)C)CC1.CCC[C@@H](N1CCN(CC(=O)OC(C)(C)C)CCN(CC(C)(C)C)CC1)C(C)(C)C.CCC[C@@H](N1CCNCCNCC1)C(C)(C)C.CCC[C@H](C)S(C)(=O)=O.O=C=O.O=C=O.O=C=O.O=C=O.O=C=O. The molecule has 4 rings (SSSR count). The van der Waals surface area contributed by atoms with Crippen molar-refractivity contribution in [1.29, 1.82) is 0 Å². The maximum atomic E-state index is 12.5. The van der Waals surface area contributed by atoms with E-state index in [0.29, 0.717) is 30.5 Å². The average molecular weight is 1650 g/mol. The van der Waals surface area contributed by atoms with E-state index in [0.717, 1.165) is 170 Å². The highest BCUT2D eigenvalue weighted by molar-refractivity contribution is 7.91. The Kier molecular flexibility index (Phi) is 74.6. The van der Waals surface area contributed by atoms with E-state index in [1.54, 1.807) is 6.92 Å². The Morgan fingerprint density at radius 3 is 0.798 bits per heavy atom. The second kappa shape index (κ2) is 69.7. The largest absolute Gasteiger partial charge is 0.481 e. The number of carbonyl (C=O) groups is 3. The molecule has 0 aliphatic carbocycles. The Labute approximate surface area is 691 Å². The lowest BCUT2D eigenvalue weighted by atomic mass is 9.82. The van der Waals surface area contributed by atoms with E-state index < -0.39 is 27.0 Å². The van der Waals surface area contributed by atoms with Crippen molar-refractivity contribution in [3.05, 3.63) is 0 Å².